The summed E-state index contributed by atoms with van der Waals surface area (Å²) < 4.78 is 10.9. The van der Waals surface area contributed by atoms with Crippen molar-refractivity contribution in [2.24, 2.45) is 0 Å². The van der Waals surface area contributed by atoms with Gasteiger partial charge in [-0.3, -0.25) is 4.79 Å². The minimum absolute atomic E-state index is 0.0551. The van der Waals surface area contributed by atoms with Crippen LogP contribution >= 0.6 is 11.6 Å². The number of hydrogen-bond acceptors (Lipinski definition) is 5. The zero-order valence-corrected chi connectivity index (χ0v) is 17.8. The van der Waals surface area contributed by atoms with Crippen LogP contribution in [0.4, 0.5) is 11.4 Å². The van der Waals surface area contributed by atoms with Gasteiger partial charge in [-0.05, 0) is 49.6 Å². The number of hydrogen-bond donors (Lipinski definition) is 1. The second-order valence-corrected chi connectivity index (χ2v) is 7.70. The smallest absolute Gasteiger partial charge is 0.272 e. The summed E-state index contributed by atoms with van der Waals surface area (Å²) in [5, 5.41) is 4.83. The normalized spacial score (nSPS) is 13.9. The van der Waals surface area contributed by atoms with Gasteiger partial charge in [0.2, 0.25) is 0 Å². The lowest BCUT2D eigenvalue weighted by atomic mass is 10.1. The number of halogens is 1. The highest BCUT2D eigenvalue weighted by Gasteiger charge is 2.22. The number of ether oxygens (including phenoxy) is 2. The molecule has 1 aromatic heterocycles. The maximum absolute atomic E-state index is 13.1. The van der Waals surface area contributed by atoms with Gasteiger partial charge >= 0.3 is 0 Å². The molecule has 0 unspecified atom stereocenters. The number of aromatic nitrogens is 1. The summed E-state index contributed by atoms with van der Waals surface area (Å²) in [6.45, 7) is 1.53. The zero-order chi connectivity index (χ0) is 21.1. The van der Waals surface area contributed by atoms with Gasteiger partial charge in [0.15, 0.2) is 11.5 Å². The lowest BCUT2D eigenvalue weighted by molar-refractivity contribution is 0.0719. The van der Waals surface area contributed by atoms with Crippen LogP contribution in [0, 0.1) is 0 Å². The van der Waals surface area contributed by atoms with E-state index in [0.29, 0.717) is 27.7 Å². The number of carbonyl (C=O) groups excluding carboxylic acids is 1. The fourth-order valence-corrected chi connectivity index (χ4v) is 3.94. The van der Waals surface area contributed by atoms with Crippen molar-refractivity contribution in [3.63, 3.8) is 0 Å². The fourth-order valence-electron chi connectivity index (χ4n) is 3.75. The first-order chi connectivity index (χ1) is 14.6. The number of methoxy groups -OCH3 is 2. The number of piperidine rings is 1. The van der Waals surface area contributed by atoms with Crippen LogP contribution in [0.2, 0.25) is 5.02 Å². The minimum atomic E-state index is -0.0551. The van der Waals surface area contributed by atoms with Gasteiger partial charge in [-0.1, -0.05) is 17.7 Å². The predicted octanol–water partition coefficient (Wildman–Crippen LogP) is 5.28. The minimum Gasteiger partial charge on any atom is -0.493 e. The number of rotatable bonds is 5. The fraction of sp³-hybridized carbons (Fsp3) is 0.304. The Bertz CT molecular complexity index is 1080. The van der Waals surface area contributed by atoms with Crippen molar-refractivity contribution in [2.45, 2.75) is 19.3 Å². The summed E-state index contributed by atoms with van der Waals surface area (Å²) in [7, 11) is 3.17. The number of amides is 1. The number of anilines is 2. The van der Waals surface area contributed by atoms with E-state index in [1.807, 2.05) is 35.2 Å². The third-order valence-electron chi connectivity index (χ3n) is 5.28. The molecule has 1 saturated heterocycles. The molecular weight excluding hydrogens is 402 g/mol. The molecule has 0 radical (unpaired) electrons. The highest BCUT2D eigenvalue weighted by atomic mass is 35.5. The average Bonchev–Trinajstić information content (AvgIpc) is 2.78. The molecule has 1 N–H and O–H groups in total. The molecule has 30 heavy (non-hydrogen) atoms. The maximum atomic E-state index is 13.1. The van der Waals surface area contributed by atoms with Gasteiger partial charge in [-0.2, -0.15) is 0 Å². The van der Waals surface area contributed by atoms with Crippen molar-refractivity contribution in [3.8, 4) is 11.5 Å². The Morgan fingerprint density at radius 3 is 2.47 bits per heavy atom. The second kappa shape index (κ2) is 8.79. The monoisotopic (exact) mass is 425 g/mol. The number of nitrogens with zero attached hydrogens (tertiary/aromatic N) is 2. The van der Waals surface area contributed by atoms with Crippen molar-refractivity contribution in [1.29, 1.82) is 0 Å². The molecule has 1 fully saturated rings. The Kier molecular flexibility index (Phi) is 5.95. The van der Waals surface area contributed by atoms with Gasteiger partial charge in [0, 0.05) is 35.3 Å². The molecule has 156 valence electrons. The first-order valence-electron chi connectivity index (χ1n) is 9.97. The van der Waals surface area contributed by atoms with Crippen LogP contribution in [0.25, 0.3) is 10.9 Å². The molecule has 2 aromatic carbocycles. The Labute approximate surface area is 180 Å². The number of pyridine rings is 1. The Morgan fingerprint density at radius 2 is 1.77 bits per heavy atom. The van der Waals surface area contributed by atoms with E-state index in [2.05, 4.69) is 10.3 Å². The average molecular weight is 426 g/mol. The molecular formula is C23H24ClN3O3. The van der Waals surface area contributed by atoms with Crippen LogP contribution in [-0.4, -0.2) is 43.1 Å². The van der Waals surface area contributed by atoms with Gasteiger partial charge in [0.05, 0.1) is 25.4 Å². The summed E-state index contributed by atoms with van der Waals surface area (Å²) in [6.07, 6.45) is 3.21. The first-order valence-corrected chi connectivity index (χ1v) is 10.4. The van der Waals surface area contributed by atoms with E-state index in [0.717, 1.165) is 49.1 Å². The van der Waals surface area contributed by atoms with E-state index in [1.54, 1.807) is 26.4 Å². The molecule has 0 aliphatic carbocycles. The number of nitrogens with one attached hydrogen (secondary N) is 1. The first kappa shape index (κ1) is 20.3. The topological polar surface area (TPSA) is 63.7 Å². The Balaban J connectivity index is 1.83. The largest absolute Gasteiger partial charge is 0.493 e. The standard InChI is InChI=1S/C23H24ClN3O3/c1-29-21-12-17-18(25-16-8-6-7-15(24)11-16)13-20(26-19(17)14-22(21)30-2)23(28)27-9-4-3-5-10-27/h6-8,11-14H,3-5,9-10H2,1-2H3,(H,25,26). The van der Waals surface area contributed by atoms with Crippen molar-refractivity contribution in [1.82, 2.24) is 9.88 Å². The van der Waals surface area contributed by atoms with E-state index in [4.69, 9.17) is 21.1 Å². The van der Waals surface area contributed by atoms with Crippen LogP contribution in [0.5, 0.6) is 11.5 Å². The Hall–Kier alpha value is -2.99. The van der Waals surface area contributed by atoms with E-state index >= 15 is 0 Å². The van der Waals surface area contributed by atoms with Gasteiger partial charge < -0.3 is 19.7 Å². The SMILES string of the molecule is COc1cc2nc(C(=O)N3CCCCC3)cc(Nc3cccc(Cl)c3)c2cc1OC. The molecule has 0 spiro atoms. The highest BCUT2D eigenvalue weighted by molar-refractivity contribution is 6.30. The summed E-state index contributed by atoms with van der Waals surface area (Å²) in [5.41, 5.74) is 2.63. The predicted molar refractivity (Wildman–Crippen MR) is 119 cm³/mol. The molecule has 0 bridgehead atoms. The van der Waals surface area contributed by atoms with Gasteiger partial charge in [-0.15, -0.1) is 0 Å². The van der Waals surface area contributed by atoms with Crippen molar-refractivity contribution in [2.75, 3.05) is 32.6 Å². The van der Waals surface area contributed by atoms with Crippen LogP contribution in [0.15, 0.2) is 42.5 Å². The van der Waals surface area contributed by atoms with Gasteiger partial charge in [-0.25, -0.2) is 4.98 Å². The third-order valence-corrected chi connectivity index (χ3v) is 5.52. The molecule has 0 atom stereocenters. The van der Waals surface area contributed by atoms with E-state index in [-0.39, 0.29) is 5.91 Å². The molecule has 2 heterocycles. The van der Waals surface area contributed by atoms with Gasteiger partial charge in [0.1, 0.15) is 5.69 Å². The van der Waals surface area contributed by atoms with Crippen LogP contribution in [0.3, 0.4) is 0 Å². The van der Waals surface area contributed by atoms with Gasteiger partial charge in [0.25, 0.3) is 5.91 Å². The molecule has 3 aromatic rings. The summed E-state index contributed by atoms with van der Waals surface area (Å²) in [6, 6.07) is 12.9. The van der Waals surface area contributed by atoms with Crippen molar-refractivity contribution >= 4 is 39.8 Å². The molecule has 1 amide bonds. The molecule has 6 nitrogen and oxygen atoms in total. The molecule has 4 rings (SSSR count). The van der Waals surface area contributed by atoms with Crippen LogP contribution in [0.1, 0.15) is 29.8 Å². The highest BCUT2D eigenvalue weighted by Crippen LogP contribution is 2.36. The lowest BCUT2D eigenvalue weighted by Crippen LogP contribution is -2.36. The van der Waals surface area contributed by atoms with Crippen LogP contribution < -0.4 is 14.8 Å². The maximum Gasteiger partial charge on any atom is 0.272 e. The second-order valence-electron chi connectivity index (χ2n) is 7.27. The number of likely N-dealkylation sites (tertiary alicyclic amines) is 1. The Morgan fingerprint density at radius 1 is 1.03 bits per heavy atom. The summed E-state index contributed by atoms with van der Waals surface area (Å²) in [4.78, 5) is 19.7. The van der Waals surface area contributed by atoms with Crippen LogP contribution in [-0.2, 0) is 0 Å². The summed E-state index contributed by atoms with van der Waals surface area (Å²) in [5.74, 6) is 1.10. The summed E-state index contributed by atoms with van der Waals surface area (Å²) >= 11 is 6.15. The molecule has 0 saturated carbocycles. The number of carbonyl (C=O) groups is 1. The van der Waals surface area contributed by atoms with E-state index < -0.39 is 0 Å². The molecule has 1 aliphatic rings. The number of fused-ring (bicyclic) bond motifs is 1. The molecule has 1 aliphatic heterocycles. The number of benzene rings is 2. The van der Waals surface area contributed by atoms with E-state index in [9.17, 15) is 4.79 Å². The molecule has 7 heteroatoms. The lowest BCUT2D eigenvalue weighted by Gasteiger charge is -2.26. The van der Waals surface area contributed by atoms with E-state index in [1.165, 1.54) is 0 Å². The zero-order valence-electron chi connectivity index (χ0n) is 17.1. The third kappa shape index (κ3) is 4.14. The van der Waals surface area contributed by atoms with Crippen molar-refractivity contribution in [3.05, 3.63) is 53.2 Å². The quantitative estimate of drug-likeness (QED) is 0.602. The van der Waals surface area contributed by atoms with Crippen molar-refractivity contribution < 1.29 is 14.3 Å².